The Labute approximate surface area is 258 Å². The van der Waals surface area contributed by atoms with Crippen molar-refractivity contribution in [1.29, 1.82) is 0 Å². The fraction of sp³-hybridized carbons (Fsp3) is 0.0556. The normalized spacial score (nSPS) is 12.9. The van der Waals surface area contributed by atoms with E-state index in [0.29, 0.717) is 22.1 Å². The van der Waals surface area contributed by atoms with Gasteiger partial charge in [-0.1, -0.05) is 71.6 Å². The fourth-order valence-electron chi connectivity index (χ4n) is 6.79. The molecule has 7 nitrogen and oxygen atoms in total. The zero-order valence-electron chi connectivity index (χ0n) is 23.6. The lowest BCUT2D eigenvalue weighted by Gasteiger charge is -2.24. The van der Waals surface area contributed by atoms with Gasteiger partial charge >= 0.3 is 0 Å². The van der Waals surface area contributed by atoms with E-state index in [4.69, 9.17) is 20.1 Å². The first kappa shape index (κ1) is 26.9. The molecular weight excluding hydrogens is 566 g/mol. The minimum atomic E-state index is -0.957. The summed E-state index contributed by atoms with van der Waals surface area (Å²) in [6.45, 7) is 0. The van der Waals surface area contributed by atoms with E-state index in [9.17, 15) is 30.6 Å². The average Bonchev–Trinajstić information content (AvgIpc) is 3.44. The second-order valence-corrected chi connectivity index (χ2v) is 11.3. The van der Waals surface area contributed by atoms with Gasteiger partial charge in [-0.3, -0.25) is 0 Å². The summed E-state index contributed by atoms with van der Waals surface area (Å²) in [6, 6.07) is 18.1. The molecule has 1 aliphatic carbocycles. The van der Waals surface area contributed by atoms with Crippen molar-refractivity contribution in [3.63, 3.8) is 0 Å². The number of benzene rings is 6. The predicted octanol–water partition coefficient (Wildman–Crippen LogP) is 6.01. The van der Waals surface area contributed by atoms with Gasteiger partial charge in [0.25, 0.3) is 0 Å². The molecule has 1 aliphatic rings. The highest BCUT2D eigenvalue weighted by Gasteiger charge is 2.31. The van der Waals surface area contributed by atoms with E-state index < -0.39 is 34.5 Å². The lowest BCUT2D eigenvalue weighted by atomic mass is 9.74. The Morgan fingerprint density at radius 1 is 0.600 bits per heavy atom. The van der Waals surface area contributed by atoms with Gasteiger partial charge in [0.05, 0.1) is 0 Å². The van der Waals surface area contributed by atoms with Crippen LogP contribution < -0.4 is 10.9 Å². The number of fused-ring (bicyclic) bond motifs is 6. The number of furan rings is 1. The molecule has 4 radical (unpaired) electrons. The lowest BCUT2D eigenvalue weighted by Crippen LogP contribution is -2.26. The van der Waals surface area contributed by atoms with E-state index in [1.54, 1.807) is 24.3 Å². The second kappa shape index (κ2) is 9.40. The second-order valence-electron chi connectivity index (χ2n) is 11.3. The standard InChI is InChI=1S/C36H22B2O7/c37-29-30(38)32(40)27-24(19-10-5-7-15-6-1-2-8-17(15)19)28-26(33(41)35(43)36(44)34(28)42)23(25(27)31(29)39)16-12-13-22-20(14-16)18-9-3-4-11-21(18)45-22/h1-3,5-10,12-14,39-44H,4,11H2. The zero-order chi connectivity index (χ0) is 31.3. The van der Waals surface area contributed by atoms with Crippen LogP contribution in [0.3, 0.4) is 0 Å². The highest BCUT2D eigenvalue weighted by molar-refractivity contribution is 6.54. The van der Waals surface area contributed by atoms with Crippen molar-refractivity contribution < 1.29 is 35.1 Å². The van der Waals surface area contributed by atoms with E-state index >= 15 is 0 Å². The smallest absolute Gasteiger partial charge is 0.204 e. The number of hydrogen-bond donors (Lipinski definition) is 6. The van der Waals surface area contributed by atoms with Crippen LogP contribution >= 0.6 is 0 Å². The number of rotatable bonds is 2. The first-order valence-electron chi connectivity index (χ1n) is 14.3. The SMILES string of the molecule is [B]c1c([B])c(O)c2c(-c3cccc4ccccc34)c3c(O)c(O)c(O)c(O)c3c(-c3ccc4oc5c(c4c3)C=CCC5)c2c1O. The van der Waals surface area contributed by atoms with E-state index in [1.807, 2.05) is 48.6 Å². The number of aromatic hydroxyl groups is 6. The molecule has 0 bridgehead atoms. The topological polar surface area (TPSA) is 135 Å². The van der Waals surface area contributed by atoms with Crippen LogP contribution in [0.25, 0.3) is 71.6 Å². The highest BCUT2D eigenvalue weighted by Crippen LogP contribution is 2.59. The number of allylic oxidation sites excluding steroid dienone is 1. The quantitative estimate of drug-likeness (QED) is 0.0631. The Morgan fingerprint density at radius 3 is 1.96 bits per heavy atom. The lowest BCUT2D eigenvalue weighted by molar-refractivity contribution is 0.351. The van der Waals surface area contributed by atoms with Crippen molar-refractivity contribution in [2.75, 3.05) is 0 Å². The fourth-order valence-corrected chi connectivity index (χ4v) is 6.79. The molecule has 6 aromatic carbocycles. The van der Waals surface area contributed by atoms with Crippen LogP contribution in [0, 0.1) is 0 Å². The molecule has 45 heavy (non-hydrogen) atoms. The number of phenols is 6. The summed E-state index contributed by atoms with van der Waals surface area (Å²) in [5, 5.41) is 70.3. The van der Waals surface area contributed by atoms with E-state index in [1.165, 1.54) is 0 Å². The molecule has 0 saturated carbocycles. The first-order chi connectivity index (χ1) is 21.7. The van der Waals surface area contributed by atoms with Gasteiger partial charge in [0, 0.05) is 50.0 Å². The maximum absolute atomic E-state index is 11.7. The summed E-state index contributed by atoms with van der Waals surface area (Å²) < 4.78 is 6.09. The Hall–Kier alpha value is -5.69. The van der Waals surface area contributed by atoms with Gasteiger partial charge in [0.1, 0.15) is 38.5 Å². The molecule has 9 heteroatoms. The molecule has 0 aliphatic heterocycles. The highest BCUT2D eigenvalue weighted by atomic mass is 16.3. The molecule has 1 aromatic heterocycles. The summed E-state index contributed by atoms with van der Waals surface area (Å²) in [4.78, 5) is 0. The first-order valence-corrected chi connectivity index (χ1v) is 14.3. The summed E-state index contributed by atoms with van der Waals surface area (Å²) in [6.07, 6.45) is 5.59. The molecule has 7 aromatic rings. The number of aryl methyl sites for hydroxylation is 1. The Morgan fingerprint density at radius 2 is 1.22 bits per heavy atom. The van der Waals surface area contributed by atoms with Crippen LogP contribution in [0.5, 0.6) is 34.5 Å². The van der Waals surface area contributed by atoms with Gasteiger partial charge < -0.3 is 35.1 Å². The molecule has 0 atom stereocenters. The Bertz CT molecular complexity index is 2390. The van der Waals surface area contributed by atoms with Crippen molar-refractivity contribution in [2.24, 2.45) is 0 Å². The molecule has 0 fully saturated rings. The van der Waals surface area contributed by atoms with Crippen molar-refractivity contribution in [3.8, 4) is 56.8 Å². The van der Waals surface area contributed by atoms with Gasteiger partial charge in [-0.2, -0.15) is 0 Å². The zero-order valence-corrected chi connectivity index (χ0v) is 23.6. The molecule has 0 saturated heterocycles. The van der Waals surface area contributed by atoms with Crippen LogP contribution in [0.15, 0.2) is 71.2 Å². The van der Waals surface area contributed by atoms with Crippen molar-refractivity contribution in [3.05, 3.63) is 78.1 Å². The van der Waals surface area contributed by atoms with Gasteiger partial charge in [0.2, 0.25) is 11.5 Å². The number of phenolic OH excluding ortho intramolecular Hbond substituents is 6. The summed E-state index contributed by atoms with van der Waals surface area (Å²) in [5.41, 5.74) is 2.13. The molecule has 0 spiro atoms. The van der Waals surface area contributed by atoms with Gasteiger partial charge in [0.15, 0.2) is 11.5 Å². The van der Waals surface area contributed by atoms with Gasteiger partial charge in [-0.05, 0) is 40.5 Å². The third kappa shape index (κ3) is 3.55. The maximum atomic E-state index is 11.7. The summed E-state index contributed by atoms with van der Waals surface area (Å²) in [5.74, 6) is -3.52. The molecule has 8 rings (SSSR count). The average molecular weight is 588 g/mol. The minimum Gasteiger partial charge on any atom is -0.508 e. The van der Waals surface area contributed by atoms with Gasteiger partial charge in [-0.25, -0.2) is 0 Å². The molecular formula is C36H22B2O7. The van der Waals surface area contributed by atoms with Crippen molar-refractivity contribution in [2.45, 2.75) is 12.8 Å². The molecule has 214 valence electrons. The van der Waals surface area contributed by atoms with Gasteiger partial charge in [-0.15, -0.1) is 0 Å². The third-order valence-corrected chi connectivity index (χ3v) is 8.89. The molecule has 0 amide bonds. The van der Waals surface area contributed by atoms with Crippen molar-refractivity contribution >= 4 is 76.0 Å². The Kier molecular flexibility index (Phi) is 5.62. The molecule has 0 unspecified atom stereocenters. The largest absolute Gasteiger partial charge is 0.508 e. The van der Waals surface area contributed by atoms with Crippen LogP contribution in [0.1, 0.15) is 17.7 Å². The van der Waals surface area contributed by atoms with E-state index in [-0.39, 0.29) is 43.6 Å². The summed E-state index contributed by atoms with van der Waals surface area (Å²) in [7, 11) is 12.5. The van der Waals surface area contributed by atoms with Crippen LogP contribution in [-0.2, 0) is 6.42 Å². The molecule has 1 heterocycles. The monoisotopic (exact) mass is 588 g/mol. The Balaban J connectivity index is 1.68. The molecule has 6 N–H and O–H groups in total. The predicted molar refractivity (Wildman–Crippen MR) is 178 cm³/mol. The van der Waals surface area contributed by atoms with Crippen LogP contribution in [0.2, 0.25) is 0 Å². The van der Waals surface area contributed by atoms with E-state index in [2.05, 4.69) is 0 Å². The third-order valence-electron chi connectivity index (χ3n) is 8.89. The van der Waals surface area contributed by atoms with E-state index in [0.717, 1.165) is 34.9 Å². The van der Waals surface area contributed by atoms with Crippen LogP contribution in [0.4, 0.5) is 0 Å². The minimum absolute atomic E-state index is 0.0154. The maximum Gasteiger partial charge on any atom is 0.204 e. The van der Waals surface area contributed by atoms with Crippen molar-refractivity contribution in [1.82, 2.24) is 0 Å². The van der Waals surface area contributed by atoms with Crippen LogP contribution in [-0.4, -0.2) is 46.3 Å². The summed E-state index contributed by atoms with van der Waals surface area (Å²) >= 11 is 0. The number of hydrogen-bond acceptors (Lipinski definition) is 7.